The summed E-state index contributed by atoms with van der Waals surface area (Å²) in [5.41, 5.74) is 5.89. The second kappa shape index (κ2) is 9.80. The number of esters is 1. The number of amides is 3. The largest absolute Gasteiger partial charge is 0.455 e. The van der Waals surface area contributed by atoms with Gasteiger partial charge in [0.05, 0.1) is 16.5 Å². The predicted octanol–water partition coefficient (Wildman–Crippen LogP) is 2.66. The van der Waals surface area contributed by atoms with E-state index >= 15 is 0 Å². The molecule has 2 N–H and O–H groups in total. The second-order valence-corrected chi connectivity index (χ2v) is 7.69. The van der Waals surface area contributed by atoms with Crippen molar-refractivity contribution in [2.45, 2.75) is 13.3 Å². The van der Waals surface area contributed by atoms with E-state index in [1.165, 1.54) is 17.0 Å². The first-order valence-electron chi connectivity index (χ1n) is 9.33. The van der Waals surface area contributed by atoms with Crippen LogP contribution in [0.15, 0.2) is 42.5 Å². The number of anilines is 1. The summed E-state index contributed by atoms with van der Waals surface area (Å²) in [6, 6.07) is 11.5. The molecule has 0 aromatic heterocycles. The molecule has 31 heavy (non-hydrogen) atoms. The number of rotatable bonds is 5. The number of ether oxygens (including phenoxy) is 1. The average molecular weight is 464 g/mol. The van der Waals surface area contributed by atoms with Gasteiger partial charge in [0.25, 0.3) is 11.8 Å². The summed E-state index contributed by atoms with van der Waals surface area (Å²) in [5, 5.41) is 0.748. The molecule has 1 fully saturated rings. The summed E-state index contributed by atoms with van der Waals surface area (Å²) in [5.74, 6) is -2.97. The van der Waals surface area contributed by atoms with Crippen molar-refractivity contribution in [1.82, 2.24) is 10.9 Å². The summed E-state index contributed by atoms with van der Waals surface area (Å²) in [6.07, 6.45) is -0.0321. The Bertz CT molecular complexity index is 1040. The molecule has 162 valence electrons. The molecule has 3 rings (SSSR count). The van der Waals surface area contributed by atoms with Crippen LogP contribution < -0.4 is 15.8 Å². The van der Waals surface area contributed by atoms with Gasteiger partial charge in [-0.15, -0.1) is 0 Å². The van der Waals surface area contributed by atoms with Crippen molar-refractivity contribution in [2.75, 3.05) is 18.1 Å². The molecular formula is C21H19Cl2N3O5. The van der Waals surface area contributed by atoms with Crippen LogP contribution in [0.4, 0.5) is 5.69 Å². The smallest absolute Gasteiger partial charge is 0.311 e. The summed E-state index contributed by atoms with van der Waals surface area (Å²) >= 11 is 12.0. The molecule has 10 heteroatoms. The number of hydrogen-bond donors (Lipinski definition) is 2. The molecule has 2 aromatic rings. The number of hydrogen-bond acceptors (Lipinski definition) is 5. The van der Waals surface area contributed by atoms with E-state index in [2.05, 4.69) is 10.9 Å². The quantitative estimate of drug-likeness (QED) is 0.523. The zero-order chi connectivity index (χ0) is 22.5. The Hall–Kier alpha value is -3.10. The normalized spacial score (nSPS) is 15.5. The van der Waals surface area contributed by atoms with E-state index in [9.17, 15) is 19.2 Å². The van der Waals surface area contributed by atoms with Crippen LogP contribution in [0.5, 0.6) is 0 Å². The third-order valence-electron chi connectivity index (χ3n) is 4.77. The summed E-state index contributed by atoms with van der Waals surface area (Å²) < 4.78 is 5.00. The Balaban J connectivity index is 1.49. The maximum atomic E-state index is 12.4. The average Bonchev–Trinajstić information content (AvgIpc) is 3.14. The first-order valence-corrected chi connectivity index (χ1v) is 10.1. The predicted molar refractivity (Wildman–Crippen MR) is 115 cm³/mol. The maximum Gasteiger partial charge on any atom is 0.311 e. The molecule has 1 atom stereocenters. The number of carbonyl (C=O) groups is 4. The van der Waals surface area contributed by atoms with Crippen molar-refractivity contribution in [3.05, 3.63) is 63.6 Å². The molecule has 1 aliphatic heterocycles. The first-order chi connectivity index (χ1) is 14.8. The SMILES string of the molecule is Cc1c(Cl)cccc1N1C[C@@H](C(=O)OCC(=O)NNC(=O)c2ccccc2Cl)CC1=O. The van der Waals surface area contributed by atoms with E-state index in [1.54, 1.807) is 37.3 Å². The topological polar surface area (TPSA) is 105 Å². The number of nitrogens with zero attached hydrogens (tertiary/aromatic N) is 1. The first kappa shape index (κ1) is 22.6. The molecule has 0 aliphatic carbocycles. The third kappa shape index (κ3) is 5.34. The van der Waals surface area contributed by atoms with Gasteiger partial charge in [-0.1, -0.05) is 41.4 Å². The summed E-state index contributed by atoms with van der Waals surface area (Å²) in [6.45, 7) is 1.31. The van der Waals surface area contributed by atoms with Crippen molar-refractivity contribution in [3.8, 4) is 0 Å². The Morgan fingerprint density at radius 1 is 1.06 bits per heavy atom. The van der Waals surface area contributed by atoms with E-state index in [0.29, 0.717) is 10.7 Å². The maximum absolute atomic E-state index is 12.4. The van der Waals surface area contributed by atoms with E-state index < -0.39 is 30.3 Å². The minimum atomic E-state index is -0.736. The van der Waals surface area contributed by atoms with Gasteiger partial charge < -0.3 is 9.64 Å². The lowest BCUT2D eigenvalue weighted by Crippen LogP contribution is -2.44. The fourth-order valence-electron chi connectivity index (χ4n) is 3.12. The molecule has 0 unspecified atom stereocenters. The van der Waals surface area contributed by atoms with Crippen LogP contribution in [-0.4, -0.2) is 36.8 Å². The standard InChI is InChI=1S/C21H19Cl2N3O5/c1-12-15(22)7-4-8-17(12)26-10-13(9-19(26)28)21(30)31-11-18(27)24-25-20(29)14-5-2-3-6-16(14)23/h2-8,13H,9-11H2,1H3,(H,24,27)(H,25,29)/t13-/m0/s1. The van der Waals surface area contributed by atoms with E-state index in [-0.39, 0.29) is 29.5 Å². The minimum Gasteiger partial charge on any atom is -0.455 e. The van der Waals surface area contributed by atoms with Gasteiger partial charge in [0.1, 0.15) is 0 Å². The van der Waals surface area contributed by atoms with Crippen LogP contribution in [0.2, 0.25) is 10.0 Å². The molecule has 8 nitrogen and oxygen atoms in total. The number of hydrazine groups is 1. The third-order valence-corrected chi connectivity index (χ3v) is 5.51. The van der Waals surface area contributed by atoms with Gasteiger partial charge in [-0.25, -0.2) is 0 Å². The van der Waals surface area contributed by atoms with Gasteiger partial charge in [0.15, 0.2) is 6.61 Å². The molecule has 1 saturated heterocycles. The lowest BCUT2D eigenvalue weighted by atomic mass is 10.1. The van der Waals surface area contributed by atoms with Crippen LogP contribution in [0.1, 0.15) is 22.3 Å². The Kier molecular flexibility index (Phi) is 7.14. The summed E-state index contributed by atoms with van der Waals surface area (Å²) in [7, 11) is 0. The highest BCUT2D eigenvalue weighted by Gasteiger charge is 2.37. The molecule has 2 aromatic carbocycles. The van der Waals surface area contributed by atoms with Crippen molar-refractivity contribution < 1.29 is 23.9 Å². The van der Waals surface area contributed by atoms with Gasteiger partial charge in [-0.3, -0.25) is 30.0 Å². The molecule has 0 bridgehead atoms. The van der Waals surface area contributed by atoms with Gasteiger partial charge in [-0.2, -0.15) is 0 Å². The zero-order valence-electron chi connectivity index (χ0n) is 16.5. The van der Waals surface area contributed by atoms with E-state index in [4.69, 9.17) is 27.9 Å². The number of carbonyl (C=O) groups excluding carboxylic acids is 4. The zero-order valence-corrected chi connectivity index (χ0v) is 18.0. The summed E-state index contributed by atoms with van der Waals surface area (Å²) in [4.78, 5) is 50.1. The van der Waals surface area contributed by atoms with Gasteiger partial charge in [-0.05, 0) is 36.8 Å². The van der Waals surface area contributed by atoms with Crippen molar-refractivity contribution >= 4 is 52.6 Å². The highest BCUT2D eigenvalue weighted by molar-refractivity contribution is 6.33. The van der Waals surface area contributed by atoms with Crippen LogP contribution in [0, 0.1) is 12.8 Å². The minimum absolute atomic E-state index is 0.0321. The van der Waals surface area contributed by atoms with E-state index in [1.807, 2.05) is 0 Å². The molecule has 1 heterocycles. The number of benzene rings is 2. The van der Waals surface area contributed by atoms with Crippen molar-refractivity contribution in [2.24, 2.45) is 5.92 Å². The van der Waals surface area contributed by atoms with Crippen molar-refractivity contribution in [3.63, 3.8) is 0 Å². The fraction of sp³-hybridized carbons (Fsp3) is 0.238. The monoisotopic (exact) mass is 463 g/mol. The number of halogens is 2. The molecular weight excluding hydrogens is 445 g/mol. The Morgan fingerprint density at radius 3 is 2.52 bits per heavy atom. The fourth-order valence-corrected chi connectivity index (χ4v) is 3.51. The van der Waals surface area contributed by atoms with Crippen molar-refractivity contribution in [1.29, 1.82) is 0 Å². The lowest BCUT2D eigenvalue weighted by Gasteiger charge is -2.19. The molecule has 1 aliphatic rings. The van der Waals surface area contributed by atoms with Gasteiger partial charge >= 0.3 is 5.97 Å². The van der Waals surface area contributed by atoms with Crippen LogP contribution in [-0.2, 0) is 19.1 Å². The molecule has 0 radical (unpaired) electrons. The van der Waals surface area contributed by atoms with Crippen LogP contribution >= 0.6 is 23.2 Å². The second-order valence-electron chi connectivity index (χ2n) is 6.88. The highest BCUT2D eigenvalue weighted by atomic mass is 35.5. The Morgan fingerprint density at radius 2 is 1.77 bits per heavy atom. The Labute approximate surface area is 188 Å². The van der Waals surface area contributed by atoms with Gasteiger partial charge in [0.2, 0.25) is 5.91 Å². The number of nitrogens with one attached hydrogen (secondary N) is 2. The molecule has 3 amide bonds. The highest BCUT2D eigenvalue weighted by Crippen LogP contribution is 2.31. The van der Waals surface area contributed by atoms with Gasteiger partial charge in [0, 0.05) is 23.7 Å². The van der Waals surface area contributed by atoms with Crippen LogP contribution in [0.25, 0.3) is 0 Å². The van der Waals surface area contributed by atoms with Crippen LogP contribution in [0.3, 0.4) is 0 Å². The van der Waals surface area contributed by atoms with E-state index in [0.717, 1.165) is 5.56 Å². The molecule has 0 spiro atoms. The molecule has 0 saturated carbocycles. The lowest BCUT2D eigenvalue weighted by molar-refractivity contribution is -0.152.